The molecule has 2 aromatic rings. The van der Waals surface area contributed by atoms with Crippen LogP contribution >= 0.6 is 0 Å². The molecule has 17 heavy (non-hydrogen) atoms. The van der Waals surface area contributed by atoms with E-state index in [1.54, 1.807) is 13.3 Å². The van der Waals surface area contributed by atoms with Crippen molar-refractivity contribution >= 4 is 5.82 Å². The van der Waals surface area contributed by atoms with Gasteiger partial charge in [-0.3, -0.25) is 4.68 Å². The number of methoxy groups -OCH3 is 1. The van der Waals surface area contributed by atoms with Crippen LogP contribution in [0.25, 0.3) is 0 Å². The largest absolute Gasteiger partial charge is 0.481 e. The Morgan fingerprint density at radius 3 is 3.00 bits per heavy atom. The smallest absolute Gasteiger partial charge is 0.221 e. The fourth-order valence-corrected chi connectivity index (χ4v) is 1.54. The van der Waals surface area contributed by atoms with E-state index < -0.39 is 0 Å². The molecular weight excluding hydrogens is 218 g/mol. The lowest BCUT2D eigenvalue weighted by molar-refractivity contribution is 0.393. The van der Waals surface area contributed by atoms with Gasteiger partial charge in [-0.1, -0.05) is 0 Å². The zero-order valence-corrected chi connectivity index (χ0v) is 9.92. The first-order chi connectivity index (χ1) is 8.31. The molecule has 6 nitrogen and oxygen atoms in total. The van der Waals surface area contributed by atoms with Crippen molar-refractivity contribution in [2.45, 2.75) is 13.5 Å². The maximum Gasteiger partial charge on any atom is 0.221 e. The van der Waals surface area contributed by atoms with E-state index in [1.807, 2.05) is 23.9 Å². The van der Waals surface area contributed by atoms with E-state index in [9.17, 15) is 0 Å². The van der Waals surface area contributed by atoms with Crippen molar-refractivity contribution in [1.82, 2.24) is 19.7 Å². The molecule has 0 aliphatic rings. The first kappa shape index (κ1) is 11.4. The summed E-state index contributed by atoms with van der Waals surface area (Å²) < 4.78 is 6.99. The van der Waals surface area contributed by atoms with Gasteiger partial charge in [0, 0.05) is 18.9 Å². The molecule has 0 unspecified atom stereocenters. The van der Waals surface area contributed by atoms with Gasteiger partial charge in [0.1, 0.15) is 12.1 Å². The van der Waals surface area contributed by atoms with E-state index in [0.29, 0.717) is 5.88 Å². The van der Waals surface area contributed by atoms with Crippen LogP contribution in [0.3, 0.4) is 0 Å². The number of anilines is 1. The first-order valence-electron chi connectivity index (χ1n) is 5.38. The maximum absolute atomic E-state index is 5.13. The van der Waals surface area contributed by atoms with Crippen LogP contribution in [0.15, 0.2) is 24.8 Å². The SMILES string of the molecule is COc1ncnc(NCCn2cccn2)c1C. The lowest BCUT2D eigenvalue weighted by atomic mass is 10.3. The fourth-order valence-electron chi connectivity index (χ4n) is 1.54. The standard InChI is InChI=1S/C11H15N5O/c1-9-10(13-8-14-11(9)17-2)12-5-7-16-6-3-4-15-16/h3-4,6,8H,5,7H2,1-2H3,(H,12,13,14). The predicted molar refractivity (Wildman–Crippen MR) is 64.0 cm³/mol. The lowest BCUT2D eigenvalue weighted by Gasteiger charge is -2.10. The summed E-state index contributed by atoms with van der Waals surface area (Å²) in [6.45, 7) is 3.47. The Hall–Kier alpha value is -2.11. The highest BCUT2D eigenvalue weighted by Crippen LogP contribution is 2.19. The van der Waals surface area contributed by atoms with Crippen LogP contribution < -0.4 is 10.1 Å². The molecule has 0 spiro atoms. The summed E-state index contributed by atoms with van der Waals surface area (Å²) in [6, 6.07) is 1.90. The van der Waals surface area contributed by atoms with E-state index >= 15 is 0 Å². The van der Waals surface area contributed by atoms with Gasteiger partial charge < -0.3 is 10.1 Å². The minimum Gasteiger partial charge on any atom is -0.481 e. The van der Waals surface area contributed by atoms with Crippen molar-refractivity contribution < 1.29 is 4.74 Å². The highest BCUT2D eigenvalue weighted by atomic mass is 16.5. The Bertz CT molecular complexity index is 469. The van der Waals surface area contributed by atoms with Gasteiger partial charge in [-0.25, -0.2) is 9.97 Å². The Morgan fingerprint density at radius 2 is 2.29 bits per heavy atom. The minimum atomic E-state index is 0.599. The molecule has 1 N–H and O–H groups in total. The average molecular weight is 233 g/mol. The van der Waals surface area contributed by atoms with Gasteiger partial charge in [0.2, 0.25) is 5.88 Å². The Kier molecular flexibility index (Phi) is 3.54. The highest BCUT2D eigenvalue weighted by Gasteiger charge is 2.05. The van der Waals surface area contributed by atoms with E-state index in [1.165, 1.54) is 6.33 Å². The molecule has 0 saturated heterocycles. The van der Waals surface area contributed by atoms with Crippen LogP contribution in [0, 0.1) is 6.92 Å². The van der Waals surface area contributed by atoms with Crippen molar-refractivity contribution in [3.8, 4) is 5.88 Å². The normalized spacial score (nSPS) is 10.2. The van der Waals surface area contributed by atoms with Crippen molar-refractivity contribution in [3.63, 3.8) is 0 Å². The number of aromatic nitrogens is 4. The Morgan fingerprint density at radius 1 is 1.41 bits per heavy atom. The minimum absolute atomic E-state index is 0.599. The lowest BCUT2D eigenvalue weighted by Crippen LogP contribution is -2.13. The molecule has 6 heteroatoms. The molecule has 0 fully saturated rings. The molecule has 2 aromatic heterocycles. The zero-order valence-electron chi connectivity index (χ0n) is 9.92. The second kappa shape index (κ2) is 5.29. The molecule has 0 radical (unpaired) electrons. The summed E-state index contributed by atoms with van der Waals surface area (Å²) in [7, 11) is 1.60. The van der Waals surface area contributed by atoms with Crippen LogP contribution in [0.1, 0.15) is 5.56 Å². The average Bonchev–Trinajstić information content (AvgIpc) is 2.84. The predicted octanol–water partition coefficient (Wildman–Crippen LogP) is 1.10. The van der Waals surface area contributed by atoms with Crippen LogP contribution in [0.5, 0.6) is 5.88 Å². The van der Waals surface area contributed by atoms with Gasteiger partial charge in [0.15, 0.2) is 0 Å². The molecule has 2 rings (SSSR count). The van der Waals surface area contributed by atoms with E-state index in [-0.39, 0.29) is 0 Å². The Balaban J connectivity index is 1.95. The van der Waals surface area contributed by atoms with Crippen molar-refractivity contribution in [3.05, 3.63) is 30.4 Å². The van der Waals surface area contributed by atoms with E-state index in [4.69, 9.17) is 4.74 Å². The molecule has 0 aliphatic carbocycles. The zero-order chi connectivity index (χ0) is 12.1. The molecule has 0 amide bonds. The monoisotopic (exact) mass is 233 g/mol. The third-order valence-corrected chi connectivity index (χ3v) is 2.42. The third kappa shape index (κ3) is 2.72. The number of nitrogens with zero attached hydrogens (tertiary/aromatic N) is 4. The summed E-state index contributed by atoms with van der Waals surface area (Å²) >= 11 is 0. The van der Waals surface area contributed by atoms with Gasteiger partial charge in [0.05, 0.1) is 19.2 Å². The molecular formula is C11H15N5O. The molecule has 0 atom stereocenters. The number of hydrogen-bond donors (Lipinski definition) is 1. The van der Waals surface area contributed by atoms with Gasteiger partial charge in [-0.15, -0.1) is 0 Å². The van der Waals surface area contributed by atoms with Crippen LogP contribution in [0.2, 0.25) is 0 Å². The second-order valence-electron chi connectivity index (χ2n) is 3.55. The van der Waals surface area contributed by atoms with Crippen molar-refractivity contribution in [1.29, 1.82) is 0 Å². The quantitative estimate of drug-likeness (QED) is 0.837. The number of nitrogens with one attached hydrogen (secondary N) is 1. The van der Waals surface area contributed by atoms with Gasteiger partial charge in [-0.2, -0.15) is 5.10 Å². The maximum atomic E-state index is 5.13. The molecule has 0 bridgehead atoms. The van der Waals surface area contributed by atoms with Crippen LogP contribution in [-0.2, 0) is 6.54 Å². The molecule has 0 aliphatic heterocycles. The molecule has 0 saturated carbocycles. The van der Waals surface area contributed by atoms with E-state index in [2.05, 4.69) is 20.4 Å². The molecule has 2 heterocycles. The van der Waals surface area contributed by atoms with Gasteiger partial charge in [-0.05, 0) is 13.0 Å². The number of ether oxygens (including phenoxy) is 1. The number of hydrogen-bond acceptors (Lipinski definition) is 5. The topological polar surface area (TPSA) is 64.9 Å². The summed E-state index contributed by atoms with van der Waals surface area (Å²) in [5, 5.41) is 7.36. The summed E-state index contributed by atoms with van der Waals surface area (Å²) in [5.41, 5.74) is 0.912. The van der Waals surface area contributed by atoms with Crippen molar-refractivity contribution in [2.24, 2.45) is 0 Å². The summed E-state index contributed by atoms with van der Waals surface area (Å²) in [5.74, 6) is 1.39. The van der Waals surface area contributed by atoms with Gasteiger partial charge in [0.25, 0.3) is 0 Å². The highest BCUT2D eigenvalue weighted by molar-refractivity contribution is 5.47. The third-order valence-electron chi connectivity index (χ3n) is 2.42. The Labute approximate surface area is 99.7 Å². The summed E-state index contributed by atoms with van der Waals surface area (Å²) in [4.78, 5) is 8.20. The van der Waals surface area contributed by atoms with Crippen LogP contribution in [0.4, 0.5) is 5.82 Å². The van der Waals surface area contributed by atoms with E-state index in [0.717, 1.165) is 24.5 Å². The second-order valence-corrected chi connectivity index (χ2v) is 3.55. The molecule has 90 valence electrons. The van der Waals surface area contributed by atoms with Gasteiger partial charge >= 0.3 is 0 Å². The van der Waals surface area contributed by atoms with Crippen molar-refractivity contribution in [2.75, 3.05) is 19.0 Å². The first-order valence-corrected chi connectivity index (χ1v) is 5.38. The molecule has 0 aromatic carbocycles. The van der Waals surface area contributed by atoms with Crippen LogP contribution in [-0.4, -0.2) is 33.4 Å². The fraction of sp³-hybridized carbons (Fsp3) is 0.364. The number of rotatable bonds is 5. The summed E-state index contributed by atoms with van der Waals surface area (Å²) in [6.07, 6.45) is 5.18.